The molecule has 0 saturated heterocycles. The minimum absolute atomic E-state index is 0.150. The number of nitrogens with zero attached hydrogens (tertiary/aromatic N) is 1. The highest BCUT2D eigenvalue weighted by Gasteiger charge is 2.08. The molecule has 1 aromatic heterocycles. The van der Waals surface area contributed by atoms with E-state index in [4.69, 9.17) is 5.11 Å². The molecular formula is C21H22N2O. The van der Waals surface area contributed by atoms with E-state index in [0.717, 1.165) is 23.4 Å². The topological polar surface area (TPSA) is 45.1 Å². The Kier molecular flexibility index (Phi) is 5.36. The first-order chi connectivity index (χ1) is 11.8. The van der Waals surface area contributed by atoms with Crippen LogP contribution in [0.1, 0.15) is 11.1 Å². The second-order valence-corrected chi connectivity index (χ2v) is 5.80. The van der Waals surface area contributed by atoms with Crippen molar-refractivity contribution in [3.8, 4) is 22.4 Å². The summed E-state index contributed by atoms with van der Waals surface area (Å²) in [5, 5.41) is 12.0. The van der Waals surface area contributed by atoms with Crippen LogP contribution in [0.3, 0.4) is 0 Å². The average Bonchev–Trinajstić information content (AvgIpc) is 2.64. The smallest absolute Gasteiger partial charge is 0.0705 e. The van der Waals surface area contributed by atoms with E-state index in [1.807, 2.05) is 12.3 Å². The fourth-order valence-corrected chi connectivity index (χ4v) is 2.84. The maximum absolute atomic E-state index is 8.81. The van der Waals surface area contributed by atoms with Gasteiger partial charge in [0.15, 0.2) is 0 Å². The number of aromatic nitrogens is 1. The van der Waals surface area contributed by atoms with Crippen molar-refractivity contribution in [2.24, 2.45) is 0 Å². The summed E-state index contributed by atoms with van der Waals surface area (Å²) in [6, 6.07) is 20.9. The number of aliphatic hydroxyl groups excluding tert-OH is 1. The molecule has 0 fully saturated rings. The van der Waals surface area contributed by atoms with Crippen LogP contribution in [0.15, 0.2) is 66.9 Å². The molecule has 3 aromatic rings. The second-order valence-electron chi connectivity index (χ2n) is 5.80. The van der Waals surface area contributed by atoms with Crippen molar-refractivity contribution in [2.45, 2.75) is 13.5 Å². The highest BCUT2D eigenvalue weighted by Crippen LogP contribution is 2.30. The third-order valence-corrected chi connectivity index (χ3v) is 4.14. The molecule has 24 heavy (non-hydrogen) atoms. The van der Waals surface area contributed by atoms with E-state index < -0.39 is 0 Å². The number of rotatable bonds is 6. The first-order valence-electron chi connectivity index (χ1n) is 8.21. The lowest BCUT2D eigenvalue weighted by Crippen LogP contribution is -2.17. The summed E-state index contributed by atoms with van der Waals surface area (Å²) < 4.78 is 0. The van der Waals surface area contributed by atoms with Crippen LogP contribution < -0.4 is 5.32 Å². The van der Waals surface area contributed by atoms with Crippen molar-refractivity contribution in [3.63, 3.8) is 0 Å². The Bertz CT molecular complexity index is 783. The van der Waals surface area contributed by atoms with Gasteiger partial charge in [-0.1, -0.05) is 54.6 Å². The van der Waals surface area contributed by atoms with Crippen LogP contribution in [0.2, 0.25) is 0 Å². The minimum atomic E-state index is 0.150. The van der Waals surface area contributed by atoms with Gasteiger partial charge in [0, 0.05) is 24.8 Å². The van der Waals surface area contributed by atoms with Gasteiger partial charge >= 0.3 is 0 Å². The van der Waals surface area contributed by atoms with Gasteiger partial charge in [0.25, 0.3) is 0 Å². The average molecular weight is 318 g/mol. The summed E-state index contributed by atoms with van der Waals surface area (Å²) in [6.07, 6.45) is 1.90. The van der Waals surface area contributed by atoms with Gasteiger partial charge in [0.1, 0.15) is 0 Å². The van der Waals surface area contributed by atoms with Gasteiger partial charge in [-0.15, -0.1) is 0 Å². The molecule has 2 aromatic carbocycles. The molecule has 122 valence electrons. The Balaban J connectivity index is 1.87. The van der Waals surface area contributed by atoms with E-state index in [1.165, 1.54) is 16.7 Å². The molecule has 0 atom stereocenters. The maximum atomic E-state index is 8.81. The molecule has 0 aliphatic carbocycles. The fraction of sp³-hybridized carbons (Fsp3) is 0.190. The number of nitrogens with one attached hydrogen (secondary N) is 1. The first kappa shape index (κ1) is 16.4. The van der Waals surface area contributed by atoms with E-state index in [9.17, 15) is 0 Å². The van der Waals surface area contributed by atoms with Crippen molar-refractivity contribution in [3.05, 3.63) is 78.0 Å². The molecule has 0 radical (unpaired) electrons. The SMILES string of the molecule is Cc1c(-c2ccccc2)cccc1-c1ccc(CNCCO)cn1. The van der Waals surface area contributed by atoms with E-state index in [-0.39, 0.29) is 6.61 Å². The molecule has 2 N–H and O–H groups in total. The molecule has 0 unspecified atom stereocenters. The number of hydrogen-bond donors (Lipinski definition) is 2. The van der Waals surface area contributed by atoms with Crippen molar-refractivity contribution in [1.29, 1.82) is 0 Å². The van der Waals surface area contributed by atoms with Gasteiger partial charge in [0.2, 0.25) is 0 Å². The van der Waals surface area contributed by atoms with Crippen LogP contribution in [-0.2, 0) is 6.54 Å². The molecule has 0 amide bonds. The van der Waals surface area contributed by atoms with Gasteiger partial charge in [0.05, 0.1) is 12.3 Å². The van der Waals surface area contributed by atoms with Crippen LogP contribution >= 0.6 is 0 Å². The lowest BCUT2D eigenvalue weighted by molar-refractivity contribution is 0.292. The second kappa shape index (κ2) is 7.86. The van der Waals surface area contributed by atoms with E-state index >= 15 is 0 Å². The molecule has 0 saturated carbocycles. The summed E-state index contributed by atoms with van der Waals surface area (Å²) in [4.78, 5) is 4.62. The van der Waals surface area contributed by atoms with E-state index in [0.29, 0.717) is 6.54 Å². The molecule has 0 aliphatic heterocycles. The van der Waals surface area contributed by atoms with E-state index in [1.54, 1.807) is 0 Å². The van der Waals surface area contributed by atoms with Crippen molar-refractivity contribution < 1.29 is 5.11 Å². The van der Waals surface area contributed by atoms with Gasteiger partial charge in [-0.3, -0.25) is 4.98 Å². The number of benzene rings is 2. The summed E-state index contributed by atoms with van der Waals surface area (Å²) in [7, 11) is 0. The Hall–Kier alpha value is -2.49. The molecule has 3 nitrogen and oxygen atoms in total. The largest absolute Gasteiger partial charge is 0.395 e. The number of hydrogen-bond acceptors (Lipinski definition) is 3. The Morgan fingerprint density at radius 2 is 1.71 bits per heavy atom. The Morgan fingerprint density at radius 3 is 2.42 bits per heavy atom. The molecule has 3 rings (SSSR count). The van der Waals surface area contributed by atoms with Crippen molar-refractivity contribution in [1.82, 2.24) is 10.3 Å². The first-order valence-corrected chi connectivity index (χ1v) is 8.21. The third-order valence-electron chi connectivity index (χ3n) is 4.14. The van der Waals surface area contributed by atoms with Gasteiger partial charge < -0.3 is 10.4 Å². The van der Waals surface area contributed by atoms with E-state index in [2.05, 4.69) is 71.8 Å². The van der Waals surface area contributed by atoms with Crippen LogP contribution in [-0.4, -0.2) is 23.2 Å². The highest BCUT2D eigenvalue weighted by molar-refractivity contribution is 5.76. The molecular weight excluding hydrogens is 296 g/mol. The van der Waals surface area contributed by atoms with Crippen LogP contribution in [0.4, 0.5) is 0 Å². The predicted molar refractivity (Wildman–Crippen MR) is 98.6 cm³/mol. The Morgan fingerprint density at radius 1 is 0.917 bits per heavy atom. The van der Waals surface area contributed by atoms with Crippen molar-refractivity contribution in [2.75, 3.05) is 13.2 Å². The van der Waals surface area contributed by atoms with Gasteiger partial charge in [-0.25, -0.2) is 0 Å². The zero-order valence-corrected chi connectivity index (χ0v) is 13.9. The molecule has 0 aliphatic rings. The fourth-order valence-electron chi connectivity index (χ4n) is 2.84. The predicted octanol–water partition coefficient (Wildman–Crippen LogP) is 3.81. The molecule has 0 spiro atoms. The lowest BCUT2D eigenvalue weighted by atomic mass is 9.95. The van der Waals surface area contributed by atoms with Gasteiger partial charge in [-0.2, -0.15) is 0 Å². The van der Waals surface area contributed by atoms with Gasteiger partial charge in [-0.05, 0) is 35.2 Å². The van der Waals surface area contributed by atoms with Crippen LogP contribution in [0, 0.1) is 6.92 Å². The molecule has 3 heteroatoms. The summed E-state index contributed by atoms with van der Waals surface area (Å²) in [5.74, 6) is 0. The normalized spacial score (nSPS) is 10.8. The van der Waals surface area contributed by atoms with Crippen LogP contribution in [0.5, 0.6) is 0 Å². The molecule has 0 bridgehead atoms. The maximum Gasteiger partial charge on any atom is 0.0705 e. The highest BCUT2D eigenvalue weighted by atomic mass is 16.3. The molecule has 1 heterocycles. The van der Waals surface area contributed by atoms with Crippen LogP contribution in [0.25, 0.3) is 22.4 Å². The minimum Gasteiger partial charge on any atom is -0.395 e. The zero-order chi connectivity index (χ0) is 16.8. The Labute approximate surface area is 143 Å². The summed E-state index contributed by atoms with van der Waals surface area (Å²) in [5.41, 5.74) is 6.96. The van der Waals surface area contributed by atoms with Crippen molar-refractivity contribution >= 4 is 0 Å². The lowest BCUT2D eigenvalue weighted by Gasteiger charge is -2.12. The standard InChI is InChI=1S/C21H22N2O/c1-16-19(18-6-3-2-4-7-18)8-5-9-20(16)21-11-10-17(15-23-21)14-22-12-13-24/h2-11,15,22,24H,12-14H2,1H3. The number of pyridine rings is 1. The monoisotopic (exact) mass is 318 g/mol. The summed E-state index contributed by atoms with van der Waals surface area (Å²) in [6.45, 7) is 3.61. The third kappa shape index (κ3) is 3.70. The quantitative estimate of drug-likeness (QED) is 0.679. The number of aliphatic hydroxyl groups is 1. The summed E-state index contributed by atoms with van der Waals surface area (Å²) >= 11 is 0. The zero-order valence-electron chi connectivity index (χ0n) is 13.9.